The van der Waals surface area contributed by atoms with Gasteiger partial charge in [0.1, 0.15) is 5.37 Å². The second-order valence-corrected chi connectivity index (χ2v) is 7.56. The van der Waals surface area contributed by atoms with Gasteiger partial charge in [0.25, 0.3) is 0 Å². The molecule has 1 aliphatic carbocycles. The number of rotatable bonds is 5. The van der Waals surface area contributed by atoms with Crippen molar-refractivity contribution in [3.8, 4) is 0 Å². The summed E-state index contributed by atoms with van der Waals surface area (Å²) in [6, 6.07) is 8.23. The van der Waals surface area contributed by atoms with Gasteiger partial charge < -0.3 is 9.80 Å². The lowest BCUT2D eigenvalue weighted by Crippen LogP contribution is -2.41. The third-order valence-corrected chi connectivity index (χ3v) is 6.17. The van der Waals surface area contributed by atoms with Crippen molar-refractivity contribution in [1.29, 1.82) is 0 Å². The van der Waals surface area contributed by atoms with Gasteiger partial charge in [-0.2, -0.15) is 0 Å². The van der Waals surface area contributed by atoms with E-state index in [9.17, 15) is 9.59 Å². The molecule has 2 aliphatic rings. The maximum absolute atomic E-state index is 12.3. The standard InChI is InChI=1S/C18H24N2O2S/c1-13-6-3-4-9-15(13)18-20(16(21)12-23-18)11-10-19(2)17(22)14-7-5-8-14/h3-4,6,9,14,18H,5,7-8,10-12H2,1-2H3. The fourth-order valence-corrected chi connectivity index (χ4v) is 4.47. The third kappa shape index (κ3) is 3.39. The van der Waals surface area contributed by atoms with Crippen LogP contribution >= 0.6 is 11.8 Å². The molecule has 3 rings (SSSR count). The van der Waals surface area contributed by atoms with Crippen LogP contribution in [-0.2, 0) is 9.59 Å². The van der Waals surface area contributed by atoms with Crippen LogP contribution in [-0.4, -0.2) is 47.5 Å². The maximum Gasteiger partial charge on any atom is 0.233 e. The van der Waals surface area contributed by atoms with Crippen LogP contribution in [0, 0.1) is 12.8 Å². The Bertz CT molecular complexity index is 600. The molecule has 1 aliphatic heterocycles. The molecule has 5 heteroatoms. The van der Waals surface area contributed by atoms with Crippen LogP contribution in [0.5, 0.6) is 0 Å². The molecule has 0 spiro atoms. The molecule has 124 valence electrons. The number of benzene rings is 1. The van der Waals surface area contributed by atoms with Crippen LogP contribution in [0.15, 0.2) is 24.3 Å². The zero-order chi connectivity index (χ0) is 16.4. The molecule has 0 bridgehead atoms. The molecule has 0 N–H and O–H groups in total. The number of hydrogen-bond donors (Lipinski definition) is 0. The second-order valence-electron chi connectivity index (χ2n) is 6.49. The van der Waals surface area contributed by atoms with Crippen molar-refractivity contribution in [2.24, 2.45) is 5.92 Å². The number of carbonyl (C=O) groups is 2. The molecule has 1 saturated heterocycles. The average molecular weight is 332 g/mol. The zero-order valence-electron chi connectivity index (χ0n) is 13.8. The molecule has 0 aromatic heterocycles. The Kier molecular flexibility index (Phi) is 4.95. The number of hydrogen-bond acceptors (Lipinski definition) is 3. The molecular weight excluding hydrogens is 308 g/mol. The van der Waals surface area contributed by atoms with E-state index in [4.69, 9.17) is 0 Å². The highest BCUT2D eigenvalue weighted by Gasteiger charge is 2.34. The Hall–Kier alpha value is -1.49. The van der Waals surface area contributed by atoms with Crippen molar-refractivity contribution >= 4 is 23.6 Å². The summed E-state index contributed by atoms with van der Waals surface area (Å²) in [7, 11) is 1.86. The second kappa shape index (κ2) is 6.95. The molecule has 4 nitrogen and oxygen atoms in total. The minimum absolute atomic E-state index is 0.0795. The minimum Gasteiger partial charge on any atom is -0.344 e. The van der Waals surface area contributed by atoms with E-state index in [-0.39, 0.29) is 23.1 Å². The number of likely N-dealkylation sites (N-methyl/N-ethyl adjacent to an activating group) is 1. The first-order valence-electron chi connectivity index (χ1n) is 8.29. The fourth-order valence-electron chi connectivity index (χ4n) is 3.15. The Morgan fingerprint density at radius 1 is 1.35 bits per heavy atom. The number of carbonyl (C=O) groups excluding carboxylic acids is 2. The molecule has 1 heterocycles. The van der Waals surface area contributed by atoms with Crippen LogP contribution in [0.25, 0.3) is 0 Å². The van der Waals surface area contributed by atoms with E-state index in [1.54, 1.807) is 16.7 Å². The van der Waals surface area contributed by atoms with Crippen molar-refractivity contribution in [2.45, 2.75) is 31.6 Å². The summed E-state index contributed by atoms with van der Waals surface area (Å²) < 4.78 is 0. The highest BCUT2D eigenvalue weighted by atomic mass is 32.2. The van der Waals surface area contributed by atoms with Crippen molar-refractivity contribution < 1.29 is 9.59 Å². The largest absolute Gasteiger partial charge is 0.344 e. The Morgan fingerprint density at radius 3 is 2.74 bits per heavy atom. The van der Waals surface area contributed by atoms with Gasteiger partial charge in [-0.1, -0.05) is 30.7 Å². The molecule has 1 aromatic carbocycles. The average Bonchev–Trinajstić information content (AvgIpc) is 2.84. The van der Waals surface area contributed by atoms with Crippen molar-refractivity contribution in [3.63, 3.8) is 0 Å². The van der Waals surface area contributed by atoms with E-state index in [1.807, 2.05) is 24.1 Å². The highest BCUT2D eigenvalue weighted by molar-refractivity contribution is 8.00. The summed E-state index contributed by atoms with van der Waals surface area (Å²) in [5.41, 5.74) is 2.42. The first-order valence-corrected chi connectivity index (χ1v) is 9.34. The lowest BCUT2D eigenvalue weighted by molar-refractivity contribution is -0.138. The normalized spacial score (nSPS) is 21.4. The molecule has 23 heavy (non-hydrogen) atoms. The van der Waals surface area contributed by atoms with Gasteiger partial charge in [-0.05, 0) is 30.9 Å². The molecular formula is C18H24N2O2S. The van der Waals surface area contributed by atoms with Crippen LogP contribution < -0.4 is 0 Å². The summed E-state index contributed by atoms with van der Waals surface area (Å²) in [4.78, 5) is 28.2. The fraction of sp³-hybridized carbons (Fsp3) is 0.556. The van der Waals surface area contributed by atoms with Gasteiger partial charge in [-0.3, -0.25) is 9.59 Å². The Balaban J connectivity index is 1.64. The predicted molar refractivity (Wildman–Crippen MR) is 93.1 cm³/mol. The van der Waals surface area contributed by atoms with Crippen molar-refractivity contribution in [3.05, 3.63) is 35.4 Å². The summed E-state index contributed by atoms with van der Waals surface area (Å²) in [6.45, 7) is 3.31. The highest BCUT2D eigenvalue weighted by Crippen LogP contribution is 2.39. The maximum atomic E-state index is 12.3. The summed E-state index contributed by atoms with van der Waals surface area (Å²) >= 11 is 1.68. The number of amides is 2. The molecule has 1 atom stereocenters. The van der Waals surface area contributed by atoms with Gasteiger partial charge >= 0.3 is 0 Å². The van der Waals surface area contributed by atoms with Crippen LogP contribution in [0.1, 0.15) is 35.8 Å². The van der Waals surface area contributed by atoms with Gasteiger partial charge in [-0.25, -0.2) is 0 Å². The number of aryl methyl sites for hydroxylation is 1. The van der Waals surface area contributed by atoms with E-state index < -0.39 is 0 Å². The van der Waals surface area contributed by atoms with Gasteiger partial charge in [0.15, 0.2) is 0 Å². The lowest BCUT2D eigenvalue weighted by Gasteiger charge is -2.31. The predicted octanol–water partition coefficient (Wildman–Crippen LogP) is 2.83. The van der Waals surface area contributed by atoms with E-state index >= 15 is 0 Å². The zero-order valence-corrected chi connectivity index (χ0v) is 14.6. The molecule has 1 unspecified atom stereocenters. The topological polar surface area (TPSA) is 40.6 Å². The smallest absolute Gasteiger partial charge is 0.233 e. The van der Waals surface area contributed by atoms with Crippen molar-refractivity contribution in [2.75, 3.05) is 25.9 Å². The molecule has 1 aromatic rings. The van der Waals surface area contributed by atoms with E-state index in [0.717, 1.165) is 12.8 Å². The van der Waals surface area contributed by atoms with Crippen LogP contribution in [0.4, 0.5) is 0 Å². The van der Waals surface area contributed by atoms with Gasteiger partial charge in [0, 0.05) is 26.1 Å². The number of thioether (sulfide) groups is 1. The summed E-state index contributed by atoms with van der Waals surface area (Å²) in [5, 5.41) is 0.0795. The Labute approximate surface area is 142 Å². The van der Waals surface area contributed by atoms with Gasteiger partial charge in [-0.15, -0.1) is 11.8 Å². The number of nitrogens with zero attached hydrogens (tertiary/aromatic N) is 2. The first kappa shape index (κ1) is 16.4. The van der Waals surface area contributed by atoms with Crippen LogP contribution in [0.2, 0.25) is 0 Å². The molecule has 2 amide bonds. The first-order chi connectivity index (χ1) is 11.1. The van der Waals surface area contributed by atoms with Crippen molar-refractivity contribution in [1.82, 2.24) is 9.80 Å². The van der Waals surface area contributed by atoms with E-state index in [0.29, 0.717) is 18.8 Å². The summed E-state index contributed by atoms with van der Waals surface area (Å²) in [5.74, 6) is 1.16. The monoisotopic (exact) mass is 332 g/mol. The summed E-state index contributed by atoms with van der Waals surface area (Å²) in [6.07, 6.45) is 3.21. The third-order valence-electron chi connectivity index (χ3n) is 4.93. The van der Waals surface area contributed by atoms with Gasteiger partial charge in [0.2, 0.25) is 11.8 Å². The Morgan fingerprint density at radius 2 is 2.09 bits per heavy atom. The SMILES string of the molecule is Cc1ccccc1C1SCC(=O)N1CCN(C)C(=O)C1CCC1. The lowest BCUT2D eigenvalue weighted by atomic mass is 9.84. The molecule has 1 saturated carbocycles. The molecule has 2 fully saturated rings. The van der Waals surface area contributed by atoms with E-state index in [1.165, 1.54) is 17.5 Å². The van der Waals surface area contributed by atoms with Crippen LogP contribution in [0.3, 0.4) is 0 Å². The van der Waals surface area contributed by atoms with Gasteiger partial charge in [0.05, 0.1) is 5.75 Å². The van der Waals surface area contributed by atoms with E-state index in [2.05, 4.69) is 19.1 Å². The minimum atomic E-state index is 0.0795. The molecule has 0 radical (unpaired) electrons. The quantitative estimate of drug-likeness (QED) is 0.832.